The van der Waals surface area contributed by atoms with Crippen molar-refractivity contribution in [3.63, 3.8) is 0 Å². The number of amides is 1. The maximum Gasteiger partial charge on any atom is 0.237 e. The summed E-state index contributed by atoms with van der Waals surface area (Å²) in [6, 6.07) is 7.92. The molecule has 3 atom stereocenters. The smallest absolute Gasteiger partial charge is 0.237 e. The largest absolute Gasteiger partial charge is 0.361 e. The zero-order valence-corrected chi connectivity index (χ0v) is 12.2. The number of para-hydroxylation sites is 1. The molecule has 1 amide bonds. The number of hydrogen-bond acceptors (Lipinski definition) is 2. The Morgan fingerprint density at radius 1 is 1.50 bits per heavy atom. The Balaban J connectivity index is 0.00000147. The monoisotopic (exact) mass is 293 g/mol. The van der Waals surface area contributed by atoms with Gasteiger partial charge in [-0.2, -0.15) is 0 Å². The van der Waals surface area contributed by atoms with E-state index in [9.17, 15) is 4.79 Å². The lowest BCUT2D eigenvalue weighted by Gasteiger charge is -2.11. The van der Waals surface area contributed by atoms with Crippen molar-refractivity contribution in [1.29, 1.82) is 0 Å². The average molecular weight is 294 g/mol. The van der Waals surface area contributed by atoms with Gasteiger partial charge in [-0.15, -0.1) is 12.4 Å². The summed E-state index contributed by atoms with van der Waals surface area (Å²) in [6.07, 6.45) is 3.58. The number of H-pyrrole nitrogens is 1. The van der Waals surface area contributed by atoms with Gasteiger partial charge in [0.05, 0.1) is 6.04 Å². The summed E-state index contributed by atoms with van der Waals surface area (Å²) in [5, 5.41) is 4.13. The number of rotatable bonds is 4. The van der Waals surface area contributed by atoms with E-state index in [0.717, 1.165) is 22.9 Å². The quantitative estimate of drug-likeness (QED) is 0.807. The lowest BCUT2D eigenvalue weighted by molar-refractivity contribution is -0.122. The van der Waals surface area contributed by atoms with Crippen LogP contribution >= 0.6 is 12.4 Å². The van der Waals surface area contributed by atoms with Gasteiger partial charge in [0.25, 0.3) is 0 Å². The fourth-order valence-corrected chi connectivity index (χ4v) is 2.44. The molecule has 1 aromatic heterocycles. The van der Waals surface area contributed by atoms with Crippen LogP contribution in [0.3, 0.4) is 0 Å². The van der Waals surface area contributed by atoms with Gasteiger partial charge < -0.3 is 16.0 Å². The van der Waals surface area contributed by atoms with Gasteiger partial charge >= 0.3 is 0 Å². The summed E-state index contributed by atoms with van der Waals surface area (Å²) >= 11 is 0. The molecule has 1 saturated carbocycles. The predicted octanol–water partition coefficient (Wildman–Crippen LogP) is 1.98. The molecular weight excluding hydrogens is 274 g/mol. The highest BCUT2D eigenvalue weighted by Gasteiger charge is 2.34. The molecule has 0 saturated heterocycles. The molecule has 1 aliphatic rings. The van der Waals surface area contributed by atoms with Gasteiger partial charge in [0, 0.05) is 23.1 Å². The van der Waals surface area contributed by atoms with E-state index in [0.29, 0.717) is 18.4 Å². The Labute approximate surface area is 124 Å². The molecule has 2 unspecified atom stereocenters. The Morgan fingerprint density at radius 3 is 2.90 bits per heavy atom. The molecule has 4 N–H and O–H groups in total. The first-order valence-electron chi connectivity index (χ1n) is 6.76. The SMILES string of the molecule is CC1CC1NC(=O)[C@@H](N)Cc1c[nH]c2ccccc12.Cl. The summed E-state index contributed by atoms with van der Waals surface area (Å²) in [4.78, 5) is 15.2. The maximum absolute atomic E-state index is 12.0. The highest BCUT2D eigenvalue weighted by Crippen LogP contribution is 2.29. The van der Waals surface area contributed by atoms with Crippen LogP contribution in [0.5, 0.6) is 0 Å². The summed E-state index contributed by atoms with van der Waals surface area (Å²) in [5.41, 5.74) is 8.18. The number of nitrogens with one attached hydrogen (secondary N) is 2. The van der Waals surface area contributed by atoms with Gasteiger partial charge in [-0.25, -0.2) is 0 Å². The number of halogens is 1. The first kappa shape index (κ1) is 14.9. The molecule has 20 heavy (non-hydrogen) atoms. The average Bonchev–Trinajstić information content (AvgIpc) is 2.95. The van der Waals surface area contributed by atoms with E-state index < -0.39 is 6.04 Å². The first-order chi connectivity index (χ1) is 9.15. The third-order valence-corrected chi connectivity index (χ3v) is 3.89. The predicted molar refractivity (Wildman–Crippen MR) is 82.9 cm³/mol. The molecular formula is C15H20ClN3O. The molecule has 4 nitrogen and oxygen atoms in total. The maximum atomic E-state index is 12.0. The van der Waals surface area contributed by atoms with Gasteiger partial charge in [-0.3, -0.25) is 4.79 Å². The molecule has 0 aliphatic heterocycles. The highest BCUT2D eigenvalue weighted by atomic mass is 35.5. The van der Waals surface area contributed by atoms with Crippen LogP contribution in [0.2, 0.25) is 0 Å². The van der Waals surface area contributed by atoms with Crippen LogP contribution in [0.4, 0.5) is 0 Å². The number of carbonyl (C=O) groups is 1. The summed E-state index contributed by atoms with van der Waals surface area (Å²) in [7, 11) is 0. The number of aromatic nitrogens is 1. The van der Waals surface area contributed by atoms with E-state index in [4.69, 9.17) is 5.73 Å². The Hall–Kier alpha value is -1.52. The number of hydrogen-bond donors (Lipinski definition) is 3. The van der Waals surface area contributed by atoms with Crippen molar-refractivity contribution in [3.05, 3.63) is 36.0 Å². The molecule has 1 aliphatic carbocycles. The van der Waals surface area contributed by atoms with Crippen LogP contribution in [0.1, 0.15) is 18.9 Å². The molecule has 1 fully saturated rings. The van der Waals surface area contributed by atoms with Crippen molar-refractivity contribution in [2.45, 2.75) is 31.8 Å². The number of aromatic amines is 1. The number of fused-ring (bicyclic) bond motifs is 1. The van der Waals surface area contributed by atoms with Crippen LogP contribution in [-0.4, -0.2) is 23.0 Å². The van der Waals surface area contributed by atoms with Crippen molar-refractivity contribution in [3.8, 4) is 0 Å². The molecule has 108 valence electrons. The molecule has 0 spiro atoms. The molecule has 0 bridgehead atoms. The molecule has 2 aromatic rings. The molecule has 3 rings (SSSR count). The molecule has 0 radical (unpaired) electrons. The second kappa shape index (κ2) is 5.85. The normalized spacial score (nSPS) is 22.1. The molecule has 1 heterocycles. The second-order valence-electron chi connectivity index (χ2n) is 5.50. The van der Waals surface area contributed by atoms with Gasteiger partial charge in [0.2, 0.25) is 5.91 Å². The fraction of sp³-hybridized carbons (Fsp3) is 0.400. The fourth-order valence-electron chi connectivity index (χ4n) is 2.44. The van der Waals surface area contributed by atoms with Gasteiger partial charge in [-0.05, 0) is 30.4 Å². The minimum absolute atomic E-state index is 0. The first-order valence-corrected chi connectivity index (χ1v) is 6.76. The third-order valence-electron chi connectivity index (χ3n) is 3.89. The van der Waals surface area contributed by atoms with E-state index >= 15 is 0 Å². The summed E-state index contributed by atoms with van der Waals surface area (Å²) in [5.74, 6) is 0.559. The summed E-state index contributed by atoms with van der Waals surface area (Å²) in [6.45, 7) is 2.14. The Morgan fingerprint density at radius 2 is 2.20 bits per heavy atom. The highest BCUT2D eigenvalue weighted by molar-refractivity contribution is 5.86. The van der Waals surface area contributed by atoms with Crippen LogP contribution in [0, 0.1) is 5.92 Å². The standard InChI is InChI=1S/C15H19N3O.ClH/c1-9-6-14(9)18-15(19)12(16)7-10-8-17-13-5-3-2-4-11(10)13;/h2-5,8-9,12,14,17H,6-7,16H2,1H3,(H,18,19);1H/t9?,12-,14?;/m0./s1. The molecule has 1 aromatic carbocycles. The Kier molecular flexibility index (Phi) is 4.35. The van der Waals surface area contributed by atoms with Gasteiger partial charge in [-0.1, -0.05) is 25.1 Å². The topological polar surface area (TPSA) is 70.9 Å². The summed E-state index contributed by atoms with van der Waals surface area (Å²) < 4.78 is 0. The third kappa shape index (κ3) is 2.97. The zero-order valence-electron chi connectivity index (χ0n) is 11.4. The van der Waals surface area contributed by atoms with E-state index in [1.54, 1.807) is 0 Å². The van der Waals surface area contributed by atoms with Crippen LogP contribution in [0.25, 0.3) is 10.9 Å². The van der Waals surface area contributed by atoms with Crippen molar-refractivity contribution < 1.29 is 4.79 Å². The van der Waals surface area contributed by atoms with Gasteiger partial charge in [0.15, 0.2) is 0 Å². The lowest BCUT2D eigenvalue weighted by atomic mass is 10.1. The van der Waals surface area contributed by atoms with Crippen molar-refractivity contribution in [1.82, 2.24) is 10.3 Å². The number of nitrogens with two attached hydrogens (primary N) is 1. The van der Waals surface area contributed by atoms with E-state index in [2.05, 4.69) is 23.3 Å². The van der Waals surface area contributed by atoms with Crippen LogP contribution < -0.4 is 11.1 Å². The van der Waals surface area contributed by atoms with Crippen LogP contribution in [0.15, 0.2) is 30.5 Å². The van der Waals surface area contributed by atoms with E-state index in [1.165, 1.54) is 0 Å². The molecule has 5 heteroatoms. The number of benzene rings is 1. The van der Waals surface area contributed by atoms with E-state index in [1.807, 2.05) is 24.4 Å². The van der Waals surface area contributed by atoms with Gasteiger partial charge in [0.1, 0.15) is 0 Å². The minimum Gasteiger partial charge on any atom is -0.361 e. The van der Waals surface area contributed by atoms with Crippen LogP contribution in [-0.2, 0) is 11.2 Å². The minimum atomic E-state index is -0.480. The second-order valence-corrected chi connectivity index (χ2v) is 5.50. The van der Waals surface area contributed by atoms with Crippen molar-refractivity contribution in [2.75, 3.05) is 0 Å². The van der Waals surface area contributed by atoms with Crippen molar-refractivity contribution >= 4 is 29.2 Å². The lowest BCUT2D eigenvalue weighted by Crippen LogP contribution is -2.43. The van der Waals surface area contributed by atoms with E-state index in [-0.39, 0.29) is 18.3 Å². The Bertz CT molecular complexity index is 610. The number of carbonyl (C=O) groups excluding carboxylic acids is 1. The zero-order chi connectivity index (χ0) is 13.4. The van der Waals surface area contributed by atoms with Crippen molar-refractivity contribution in [2.24, 2.45) is 11.7 Å².